The molecular formula is C27H24Cl2N4O3S. The molecule has 0 aliphatic heterocycles. The van der Waals surface area contributed by atoms with Crippen molar-refractivity contribution >= 4 is 45.1 Å². The Bertz CT molecular complexity index is 1520. The maximum Gasteiger partial charge on any atom is 0.268 e. The summed E-state index contributed by atoms with van der Waals surface area (Å²) in [6.45, 7) is 0.648. The summed E-state index contributed by atoms with van der Waals surface area (Å²) in [5.74, 6) is -0.419. The van der Waals surface area contributed by atoms with Crippen molar-refractivity contribution in [1.29, 1.82) is 0 Å². The summed E-state index contributed by atoms with van der Waals surface area (Å²) in [7, 11) is -2.30. The fraction of sp³-hybridized carbons (Fsp3) is 0.148. The molecule has 7 nitrogen and oxygen atoms in total. The molecule has 3 aromatic carbocycles. The molecule has 0 atom stereocenters. The minimum Gasteiger partial charge on any atom is -0.344 e. The number of benzene rings is 3. The second-order valence-corrected chi connectivity index (χ2v) is 10.9. The second-order valence-electron chi connectivity index (χ2n) is 8.39. The Balaban J connectivity index is 1.62. The topological polar surface area (TPSA) is 92.3 Å². The van der Waals surface area contributed by atoms with E-state index < -0.39 is 15.9 Å². The second kappa shape index (κ2) is 11.7. The molecule has 0 unspecified atom stereocenters. The first kappa shape index (κ1) is 26.6. The first-order chi connectivity index (χ1) is 17.7. The molecule has 10 heteroatoms. The van der Waals surface area contributed by atoms with Gasteiger partial charge in [0.15, 0.2) is 0 Å². The lowest BCUT2D eigenvalue weighted by molar-refractivity contribution is 0.0980. The molecule has 37 heavy (non-hydrogen) atoms. The van der Waals surface area contributed by atoms with Crippen LogP contribution in [0.4, 0.5) is 5.95 Å². The van der Waals surface area contributed by atoms with Crippen LogP contribution in [0.15, 0.2) is 90.0 Å². The third-order valence-electron chi connectivity index (χ3n) is 5.61. The van der Waals surface area contributed by atoms with Gasteiger partial charge in [-0.1, -0.05) is 71.7 Å². The molecule has 0 fully saturated rings. The lowest BCUT2D eigenvalue weighted by Gasteiger charge is -2.19. The highest BCUT2D eigenvalue weighted by molar-refractivity contribution is 7.90. The SMILES string of the molecule is CN(CCc1ccccc1)c1ncc(C(=O)NS(=O)(=O)c2cccc(Cl)c2)c(Cc2cccc(Cl)c2)n1. The Labute approximate surface area is 226 Å². The first-order valence-electron chi connectivity index (χ1n) is 11.4. The molecule has 0 saturated carbocycles. The zero-order valence-corrected chi connectivity index (χ0v) is 22.3. The molecule has 1 aromatic heterocycles. The predicted molar refractivity (Wildman–Crippen MR) is 146 cm³/mol. The zero-order valence-electron chi connectivity index (χ0n) is 19.9. The number of carbonyl (C=O) groups is 1. The summed E-state index contributed by atoms with van der Waals surface area (Å²) in [6.07, 6.45) is 2.39. The van der Waals surface area contributed by atoms with Crippen LogP contribution in [0.25, 0.3) is 0 Å². The minimum atomic E-state index is -4.16. The number of likely N-dealkylation sites (N-methyl/N-ethyl adjacent to an activating group) is 1. The van der Waals surface area contributed by atoms with Crippen LogP contribution in [-0.2, 0) is 22.9 Å². The normalized spacial score (nSPS) is 11.2. The van der Waals surface area contributed by atoms with Crippen LogP contribution in [0.3, 0.4) is 0 Å². The smallest absolute Gasteiger partial charge is 0.268 e. The summed E-state index contributed by atoms with van der Waals surface area (Å²) in [5, 5.41) is 0.782. The summed E-state index contributed by atoms with van der Waals surface area (Å²) >= 11 is 12.1. The third-order valence-corrected chi connectivity index (χ3v) is 7.41. The lowest BCUT2D eigenvalue weighted by Crippen LogP contribution is -2.32. The van der Waals surface area contributed by atoms with Crippen molar-refractivity contribution in [2.24, 2.45) is 0 Å². The van der Waals surface area contributed by atoms with Gasteiger partial charge in [-0.2, -0.15) is 0 Å². The van der Waals surface area contributed by atoms with Crippen molar-refractivity contribution in [3.8, 4) is 0 Å². The van der Waals surface area contributed by atoms with Crippen LogP contribution in [0, 0.1) is 0 Å². The van der Waals surface area contributed by atoms with Crippen LogP contribution in [-0.4, -0.2) is 37.9 Å². The number of anilines is 1. The van der Waals surface area contributed by atoms with Gasteiger partial charge in [0.1, 0.15) is 0 Å². The van der Waals surface area contributed by atoms with E-state index in [0.29, 0.717) is 23.2 Å². The molecule has 1 heterocycles. The summed E-state index contributed by atoms with van der Waals surface area (Å²) in [4.78, 5) is 23.9. The Hall–Kier alpha value is -3.46. The van der Waals surface area contributed by atoms with Gasteiger partial charge in [-0.3, -0.25) is 4.79 Å². The molecular weight excluding hydrogens is 531 g/mol. The number of sulfonamides is 1. The van der Waals surface area contributed by atoms with Crippen LogP contribution in [0.2, 0.25) is 10.0 Å². The van der Waals surface area contributed by atoms with E-state index in [1.807, 2.05) is 48.3 Å². The van der Waals surface area contributed by atoms with Gasteiger partial charge >= 0.3 is 0 Å². The van der Waals surface area contributed by atoms with Gasteiger partial charge < -0.3 is 4.90 Å². The monoisotopic (exact) mass is 554 g/mol. The standard InChI is InChI=1S/C27H24Cl2N4O3S/c1-33(14-13-19-7-3-2-4-8-19)27-30-18-24(25(31-27)16-20-9-5-10-21(28)15-20)26(34)32-37(35,36)23-12-6-11-22(29)17-23/h2-12,15,17-18H,13-14,16H2,1H3,(H,32,34). The predicted octanol–water partition coefficient (Wildman–Crippen LogP) is 5.17. The number of carbonyl (C=O) groups excluding carboxylic acids is 1. The molecule has 4 aromatic rings. The summed E-state index contributed by atoms with van der Waals surface area (Å²) in [5.41, 5.74) is 2.41. The maximum absolute atomic E-state index is 13.1. The molecule has 0 bridgehead atoms. The van der Waals surface area contributed by atoms with Gasteiger partial charge in [0.25, 0.3) is 15.9 Å². The average molecular weight is 555 g/mol. The molecule has 1 N–H and O–H groups in total. The van der Waals surface area contributed by atoms with E-state index in [1.165, 1.54) is 30.0 Å². The number of hydrogen-bond acceptors (Lipinski definition) is 6. The van der Waals surface area contributed by atoms with Crippen LogP contribution >= 0.6 is 23.2 Å². The first-order valence-corrected chi connectivity index (χ1v) is 13.6. The maximum atomic E-state index is 13.1. The van der Waals surface area contributed by atoms with Crippen molar-refractivity contribution in [3.63, 3.8) is 0 Å². The molecule has 4 rings (SSSR count). The number of hydrogen-bond donors (Lipinski definition) is 1. The van der Waals surface area contributed by atoms with Gasteiger partial charge in [0.05, 0.1) is 16.2 Å². The van der Waals surface area contributed by atoms with Crippen molar-refractivity contribution in [2.45, 2.75) is 17.7 Å². The highest BCUT2D eigenvalue weighted by Gasteiger charge is 2.23. The van der Waals surface area contributed by atoms with E-state index in [0.717, 1.165) is 12.0 Å². The molecule has 190 valence electrons. The lowest BCUT2D eigenvalue weighted by atomic mass is 10.1. The Morgan fingerprint density at radius 2 is 1.59 bits per heavy atom. The number of rotatable bonds is 9. The molecule has 0 saturated heterocycles. The number of amides is 1. The van der Waals surface area contributed by atoms with Crippen molar-refractivity contribution < 1.29 is 13.2 Å². The molecule has 0 aliphatic carbocycles. The number of aromatic nitrogens is 2. The highest BCUT2D eigenvalue weighted by atomic mass is 35.5. The fourth-order valence-electron chi connectivity index (χ4n) is 3.67. The molecule has 0 radical (unpaired) electrons. The highest BCUT2D eigenvalue weighted by Crippen LogP contribution is 2.20. The Morgan fingerprint density at radius 3 is 2.30 bits per heavy atom. The van der Waals surface area contributed by atoms with E-state index in [2.05, 4.69) is 14.7 Å². The van der Waals surface area contributed by atoms with Crippen molar-refractivity contribution in [2.75, 3.05) is 18.5 Å². The van der Waals surface area contributed by atoms with Crippen LogP contribution in [0.1, 0.15) is 27.2 Å². The molecule has 0 aliphatic rings. The van der Waals surface area contributed by atoms with E-state index in [9.17, 15) is 13.2 Å². The van der Waals surface area contributed by atoms with Gasteiger partial charge in [0, 0.05) is 36.3 Å². The largest absolute Gasteiger partial charge is 0.344 e. The number of nitrogens with one attached hydrogen (secondary N) is 1. The minimum absolute atomic E-state index is 0.0470. The quantitative estimate of drug-likeness (QED) is 0.306. The van der Waals surface area contributed by atoms with Crippen LogP contribution in [0.5, 0.6) is 0 Å². The van der Waals surface area contributed by atoms with Gasteiger partial charge in [-0.15, -0.1) is 0 Å². The Kier molecular flexibility index (Phi) is 8.43. The van der Waals surface area contributed by atoms with Gasteiger partial charge in [-0.25, -0.2) is 23.1 Å². The average Bonchev–Trinajstić information content (AvgIpc) is 2.87. The van der Waals surface area contributed by atoms with E-state index in [1.54, 1.807) is 24.3 Å². The Morgan fingerprint density at radius 1 is 0.919 bits per heavy atom. The van der Waals surface area contributed by atoms with E-state index in [-0.39, 0.29) is 21.9 Å². The van der Waals surface area contributed by atoms with Gasteiger partial charge in [-0.05, 0) is 47.9 Å². The van der Waals surface area contributed by atoms with Gasteiger partial charge in [0.2, 0.25) is 5.95 Å². The van der Waals surface area contributed by atoms with Crippen molar-refractivity contribution in [1.82, 2.24) is 14.7 Å². The fourth-order valence-corrected chi connectivity index (χ4v) is 5.15. The van der Waals surface area contributed by atoms with E-state index >= 15 is 0 Å². The van der Waals surface area contributed by atoms with Crippen LogP contribution < -0.4 is 9.62 Å². The van der Waals surface area contributed by atoms with Crippen molar-refractivity contribution in [3.05, 3.63) is 117 Å². The molecule has 1 amide bonds. The molecule has 0 spiro atoms. The summed E-state index contributed by atoms with van der Waals surface area (Å²) < 4.78 is 27.7. The number of halogens is 2. The third kappa shape index (κ3) is 7.07. The number of nitrogens with zero attached hydrogens (tertiary/aromatic N) is 3. The summed E-state index contributed by atoms with van der Waals surface area (Å²) in [6, 6.07) is 22.9. The van der Waals surface area contributed by atoms with E-state index in [4.69, 9.17) is 23.2 Å². The zero-order chi connectivity index (χ0) is 26.4.